The molecule has 0 atom stereocenters. The Morgan fingerprint density at radius 2 is 2.23 bits per heavy atom. The van der Waals surface area contributed by atoms with Crippen molar-refractivity contribution in [3.05, 3.63) is 11.6 Å². The van der Waals surface area contributed by atoms with Crippen LogP contribution < -0.4 is 5.32 Å². The average molecular weight is 200 g/mol. The van der Waals surface area contributed by atoms with E-state index >= 15 is 0 Å². The van der Waals surface area contributed by atoms with Crippen molar-refractivity contribution in [2.75, 3.05) is 18.6 Å². The van der Waals surface area contributed by atoms with Crippen LogP contribution in [-0.4, -0.2) is 33.3 Å². The first-order valence-corrected chi connectivity index (χ1v) is 5.69. The Morgan fingerprint density at radius 3 is 2.77 bits per heavy atom. The van der Waals surface area contributed by atoms with Crippen LogP contribution in [0.15, 0.2) is 0 Å². The van der Waals surface area contributed by atoms with Gasteiger partial charge in [0.2, 0.25) is 0 Å². The molecule has 1 N–H and O–H groups in total. The third-order valence-corrected chi connectivity index (χ3v) is 2.56. The quantitative estimate of drug-likeness (QED) is 0.706. The number of hydrogen-bond donors (Lipinski definition) is 1. The van der Waals surface area contributed by atoms with Crippen molar-refractivity contribution in [2.24, 2.45) is 7.05 Å². The lowest BCUT2D eigenvalue weighted by molar-refractivity contribution is 0.659. The average Bonchev–Trinajstić information content (AvgIpc) is 2.43. The fourth-order valence-corrected chi connectivity index (χ4v) is 1.33. The highest BCUT2D eigenvalue weighted by Gasteiger charge is 2.02. The fourth-order valence-electron chi connectivity index (χ4n) is 0.979. The molecule has 0 radical (unpaired) electrons. The highest BCUT2D eigenvalue weighted by molar-refractivity contribution is 7.98. The largest absolute Gasteiger partial charge is 0.317 e. The molecule has 0 spiro atoms. The van der Waals surface area contributed by atoms with Gasteiger partial charge in [-0.15, -0.1) is 10.2 Å². The van der Waals surface area contributed by atoms with Gasteiger partial charge in [-0.2, -0.15) is 11.8 Å². The summed E-state index contributed by atoms with van der Waals surface area (Å²) < 4.78 is 2.01. The molecular formula is C8H16N4S. The molecule has 0 unspecified atom stereocenters. The van der Waals surface area contributed by atoms with Crippen LogP contribution in [0.3, 0.4) is 0 Å². The maximum absolute atomic E-state index is 4.06. The van der Waals surface area contributed by atoms with E-state index in [0.29, 0.717) is 0 Å². The van der Waals surface area contributed by atoms with E-state index in [9.17, 15) is 0 Å². The smallest absolute Gasteiger partial charge is 0.146 e. The van der Waals surface area contributed by atoms with E-state index < -0.39 is 0 Å². The topological polar surface area (TPSA) is 42.7 Å². The van der Waals surface area contributed by atoms with Crippen LogP contribution >= 0.6 is 11.8 Å². The van der Waals surface area contributed by atoms with E-state index in [1.807, 2.05) is 30.3 Å². The van der Waals surface area contributed by atoms with Crippen molar-refractivity contribution in [3.8, 4) is 0 Å². The second-order valence-corrected chi connectivity index (χ2v) is 3.88. The number of nitrogens with zero attached hydrogens (tertiary/aromatic N) is 3. The van der Waals surface area contributed by atoms with Crippen molar-refractivity contribution >= 4 is 11.8 Å². The molecule has 0 aliphatic heterocycles. The van der Waals surface area contributed by atoms with Crippen molar-refractivity contribution in [2.45, 2.75) is 13.5 Å². The number of hydrogen-bond acceptors (Lipinski definition) is 4. The van der Waals surface area contributed by atoms with Crippen LogP contribution in [0.4, 0.5) is 0 Å². The van der Waals surface area contributed by atoms with Crippen LogP contribution in [0.2, 0.25) is 0 Å². The molecule has 1 rings (SSSR count). The molecule has 0 saturated carbocycles. The molecule has 0 aliphatic carbocycles. The lowest BCUT2D eigenvalue weighted by Crippen LogP contribution is -2.19. The zero-order valence-electron chi connectivity index (χ0n) is 8.37. The lowest BCUT2D eigenvalue weighted by Gasteiger charge is -2.02. The maximum atomic E-state index is 4.06. The van der Waals surface area contributed by atoms with Crippen LogP contribution in [0, 0.1) is 6.92 Å². The van der Waals surface area contributed by atoms with Crippen LogP contribution in [0.1, 0.15) is 11.6 Å². The molecule has 0 aliphatic rings. The third kappa shape index (κ3) is 3.00. The van der Waals surface area contributed by atoms with Gasteiger partial charge in [0.05, 0.1) is 6.54 Å². The molecule has 0 saturated heterocycles. The fraction of sp³-hybridized carbons (Fsp3) is 0.750. The van der Waals surface area contributed by atoms with Gasteiger partial charge in [0.25, 0.3) is 0 Å². The first-order valence-electron chi connectivity index (χ1n) is 4.30. The molecule has 1 aromatic rings. The van der Waals surface area contributed by atoms with Crippen LogP contribution in [0.25, 0.3) is 0 Å². The highest BCUT2D eigenvalue weighted by Crippen LogP contribution is 1.96. The van der Waals surface area contributed by atoms with Crippen LogP contribution in [-0.2, 0) is 13.6 Å². The molecular weight excluding hydrogens is 184 g/mol. The van der Waals surface area contributed by atoms with E-state index in [-0.39, 0.29) is 0 Å². The molecule has 1 aromatic heterocycles. The molecule has 13 heavy (non-hydrogen) atoms. The number of aromatic nitrogens is 3. The van der Waals surface area contributed by atoms with E-state index in [4.69, 9.17) is 0 Å². The standard InChI is InChI=1S/C8H16N4S/c1-7-10-11-8(12(7)2)6-9-4-5-13-3/h9H,4-6H2,1-3H3. The molecule has 0 bridgehead atoms. The van der Waals surface area contributed by atoms with Crippen LogP contribution in [0.5, 0.6) is 0 Å². The Bertz CT molecular complexity index is 259. The highest BCUT2D eigenvalue weighted by atomic mass is 32.2. The predicted molar refractivity (Wildman–Crippen MR) is 55.8 cm³/mol. The molecule has 0 amide bonds. The van der Waals surface area contributed by atoms with E-state index in [0.717, 1.165) is 30.5 Å². The Labute approximate surface area is 83.1 Å². The van der Waals surface area contributed by atoms with Gasteiger partial charge in [-0.3, -0.25) is 0 Å². The normalized spacial score (nSPS) is 10.7. The van der Waals surface area contributed by atoms with Gasteiger partial charge in [-0.05, 0) is 13.2 Å². The Morgan fingerprint density at radius 1 is 1.46 bits per heavy atom. The Hall–Kier alpha value is -0.550. The SMILES string of the molecule is CSCCNCc1nnc(C)n1C. The summed E-state index contributed by atoms with van der Waals surface area (Å²) in [5, 5.41) is 11.4. The minimum absolute atomic E-state index is 0.803. The zero-order chi connectivity index (χ0) is 9.68. The first kappa shape index (κ1) is 10.5. The minimum Gasteiger partial charge on any atom is -0.317 e. The van der Waals surface area contributed by atoms with Gasteiger partial charge in [0.1, 0.15) is 11.6 Å². The summed E-state index contributed by atoms with van der Waals surface area (Å²) in [6.07, 6.45) is 2.11. The van der Waals surface area contributed by atoms with Crippen molar-refractivity contribution in [1.82, 2.24) is 20.1 Å². The van der Waals surface area contributed by atoms with Gasteiger partial charge in [0, 0.05) is 19.3 Å². The maximum Gasteiger partial charge on any atom is 0.146 e. The van der Waals surface area contributed by atoms with Gasteiger partial charge in [-0.1, -0.05) is 0 Å². The van der Waals surface area contributed by atoms with E-state index in [1.165, 1.54) is 0 Å². The summed E-state index contributed by atoms with van der Waals surface area (Å²) in [7, 11) is 1.99. The summed E-state index contributed by atoms with van der Waals surface area (Å²) >= 11 is 1.84. The van der Waals surface area contributed by atoms with Crippen molar-refractivity contribution in [3.63, 3.8) is 0 Å². The third-order valence-electron chi connectivity index (χ3n) is 1.95. The van der Waals surface area contributed by atoms with Gasteiger partial charge < -0.3 is 9.88 Å². The van der Waals surface area contributed by atoms with Gasteiger partial charge in [-0.25, -0.2) is 0 Å². The number of thioether (sulfide) groups is 1. The molecule has 0 fully saturated rings. The summed E-state index contributed by atoms with van der Waals surface area (Å²) in [6, 6.07) is 0. The number of nitrogens with one attached hydrogen (secondary N) is 1. The summed E-state index contributed by atoms with van der Waals surface area (Å²) in [4.78, 5) is 0. The first-order chi connectivity index (χ1) is 6.25. The van der Waals surface area contributed by atoms with Crippen molar-refractivity contribution < 1.29 is 0 Å². The molecule has 74 valence electrons. The minimum atomic E-state index is 0.803. The monoisotopic (exact) mass is 200 g/mol. The lowest BCUT2D eigenvalue weighted by atomic mass is 10.5. The molecule has 1 heterocycles. The number of rotatable bonds is 5. The van der Waals surface area contributed by atoms with Crippen molar-refractivity contribution in [1.29, 1.82) is 0 Å². The second kappa shape index (κ2) is 5.24. The molecule has 0 aromatic carbocycles. The molecule has 4 nitrogen and oxygen atoms in total. The Kier molecular flexibility index (Phi) is 4.24. The Balaban J connectivity index is 2.32. The second-order valence-electron chi connectivity index (χ2n) is 2.89. The summed E-state index contributed by atoms with van der Waals surface area (Å²) in [5.41, 5.74) is 0. The van der Waals surface area contributed by atoms with Gasteiger partial charge >= 0.3 is 0 Å². The number of aryl methyl sites for hydroxylation is 1. The summed E-state index contributed by atoms with van der Waals surface area (Å²) in [6.45, 7) is 3.78. The van der Waals surface area contributed by atoms with Gasteiger partial charge in [0.15, 0.2) is 0 Å². The predicted octanol–water partition coefficient (Wildman–Crippen LogP) is 0.576. The van der Waals surface area contributed by atoms with E-state index in [2.05, 4.69) is 21.8 Å². The molecule has 5 heteroatoms. The zero-order valence-corrected chi connectivity index (χ0v) is 9.19. The van der Waals surface area contributed by atoms with E-state index in [1.54, 1.807) is 0 Å². The summed E-state index contributed by atoms with van der Waals surface area (Å²) in [5.74, 6) is 3.09.